The summed E-state index contributed by atoms with van der Waals surface area (Å²) in [5, 5.41) is 10.3. The van der Waals surface area contributed by atoms with Crippen molar-refractivity contribution in [1.29, 1.82) is 0 Å². The van der Waals surface area contributed by atoms with Gasteiger partial charge in [-0.3, -0.25) is 10.1 Å². The summed E-state index contributed by atoms with van der Waals surface area (Å²) in [6, 6.07) is 8.86. The molecule has 0 unspecified atom stereocenters. The van der Waals surface area contributed by atoms with Crippen LogP contribution in [0.1, 0.15) is 23.2 Å². The number of hydrogen-bond acceptors (Lipinski definition) is 9. The first-order chi connectivity index (χ1) is 16.3. The first-order valence-electron chi connectivity index (χ1n) is 10.3. The lowest BCUT2D eigenvalue weighted by Gasteiger charge is -2.16. The molecule has 34 heavy (non-hydrogen) atoms. The zero-order valence-corrected chi connectivity index (χ0v) is 19.9. The van der Waals surface area contributed by atoms with Crippen LogP contribution in [0.2, 0.25) is 0 Å². The third-order valence-electron chi connectivity index (χ3n) is 5.41. The average molecular weight is 489 g/mol. The summed E-state index contributed by atoms with van der Waals surface area (Å²) in [4.78, 5) is 12.7. The maximum Gasteiger partial charge on any atom is 0.322 e. The van der Waals surface area contributed by atoms with E-state index in [2.05, 4.69) is 15.5 Å². The van der Waals surface area contributed by atoms with E-state index >= 15 is 0 Å². The third kappa shape index (κ3) is 4.54. The van der Waals surface area contributed by atoms with Gasteiger partial charge in [-0.15, -0.1) is 5.10 Å². The Morgan fingerprint density at radius 2 is 1.65 bits per heavy atom. The maximum absolute atomic E-state index is 12.6. The number of carbonyl (C=O) groups is 1. The molecule has 0 aliphatic heterocycles. The van der Waals surface area contributed by atoms with Crippen molar-refractivity contribution in [3.8, 4) is 28.7 Å². The van der Waals surface area contributed by atoms with Gasteiger partial charge in [0.2, 0.25) is 21.7 Å². The number of nitrogens with one attached hydrogen (secondary N) is 1. The Labute approximate surface area is 196 Å². The summed E-state index contributed by atoms with van der Waals surface area (Å²) >= 11 is 0. The van der Waals surface area contributed by atoms with Crippen molar-refractivity contribution < 1.29 is 31.8 Å². The fourth-order valence-corrected chi connectivity index (χ4v) is 4.76. The lowest BCUT2D eigenvalue weighted by molar-refractivity contribution is 0.102. The van der Waals surface area contributed by atoms with Crippen LogP contribution >= 0.6 is 0 Å². The van der Waals surface area contributed by atoms with E-state index in [0.29, 0.717) is 22.8 Å². The highest BCUT2D eigenvalue weighted by atomic mass is 32.2. The van der Waals surface area contributed by atoms with Gasteiger partial charge in [0.15, 0.2) is 11.5 Å². The molecule has 180 valence electrons. The molecule has 2 aromatic carbocycles. The number of methoxy groups -OCH3 is 3. The van der Waals surface area contributed by atoms with Gasteiger partial charge in [0.1, 0.15) is 0 Å². The summed E-state index contributed by atoms with van der Waals surface area (Å²) in [6.07, 6.45) is 1.72. The molecular formula is C22H24N4O7S. The van der Waals surface area contributed by atoms with Crippen LogP contribution in [0.3, 0.4) is 0 Å². The van der Waals surface area contributed by atoms with Crippen molar-refractivity contribution in [2.75, 3.05) is 33.7 Å². The fourth-order valence-electron chi connectivity index (χ4n) is 3.34. The Hall–Kier alpha value is -3.64. The van der Waals surface area contributed by atoms with Gasteiger partial charge in [-0.05, 0) is 49.2 Å². The minimum absolute atomic E-state index is 0.0466. The zero-order valence-electron chi connectivity index (χ0n) is 19.1. The van der Waals surface area contributed by atoms with E-state index in [9.17, 15) is 13.2 Å². The predicted molar refractivity (Wildman–Crippen MR) is 122 cm³/mol. The van der Waals surface area contributed by atoms with Crippen LogP contribution in [0.5, 0.6) is 17.2 Å². The molecule has 0 saturated heterocycles. The predicted octanol–water partition coefficient (Wildman–Crippen LogP) is 2.80. The molecule has 1 saturated carbocycles. The molecule has 0 bridgehead atoms. The van der Waals surface area contributed by atoms with E-state index in [1.807, 2.05) is 0 Å². The van der Waals surface area contributed by atoms with E-state index in [4.69, 9.17) is 18.6 Å². The number of anilines is 1. The van der Waals surface area contributed by atoms with Gasteiger partial charge in [0, 0.05) is 24.2 Å². The highest BCUT2D eigenvalue weighted by Gasteiger charge is 2.35. The van der Waals surface area contributed by atoms with Crippen molar-refractivity contribution in [1.82, 2.24) is 14.5 Å². The average Bonchev–Trinajstić information content (AvgIpc) is 3.60. The molecule has 0 radical (unpaired) electrons. The monoisotopic (exact) mass is 488 g/mol. The van der Waals surface area contributed by atoms with Crippen molar-refractivity contribution in [3.05, 3.63) is 42.0 Å². The van der Waals surface area contributed by atoms with Crippen molar-refractivity contribution >= 4 is 21.9 Å². The van der Waals surface area contributed by atoms with Gasteiger partial charge in [0.05, 0.1) is 26.2 Å². The molecule has 1 aromatic heterocycles. The van der Waals surface area contributed by atoms with Gasteiger partial charge in [-0.1, -0.05) is 5.10 Å². The SMILES string of the molecule is COc1cc(-c2nnc(NC(=O)c3ccc(S(=O)(=O)N(C)C4CC4)cc3)o2)cc(OC)c1OC. The summed E-state index contributed by atoms with van der Waals surface area (Å²) in [5.74, 6) is 0.820. The molecule has 1 amide bonds. The lowest BCUT2D eigenvalue weighted by atomic mass is 10.2. The number of rotatable bonds is 9. The second-order valence-corrected chi connectivity index (χ2v) is 9.55. The first-order valence-corrected chi connectivity index (χ1v) is 11.8. The number of sulfonamides is 1. The van der Waals surface area contributed by atoms with Crippen LogP contribution in [0.4, 0.5) is 6.01 Å². The summed E-state index contributed by atoms with van der Waals surface area (Å²) in [5.41, 5.74) is 0.734. The number of ether oxygens (including phenoxy) is 3. The highest BCUT2D eigenvalue weighted by molar-refractivity contribution is 7.89. The number of carbonyl (C=O) groups excluding carboxylic acids is 1. The highest BCUT2D eigenvalue weighted by Crippen LogP contribution is 2.41. The first kappa shape index (κ1) is 23.5. The zero-order chi connectivity index (χ0) is 24.5. The number of aromatic nitrogens is 2. The second kappa shape index (κ2) is 9.31. The topological polar surface area (TPSA) is 133 Å². The molecule has 1 heterocycles. The van der Waals surface area contributed by atoms with E-state index in [1.165, 1.54) is 49.9 Å². The normalized spacial score (nSPS) is 13.6. The van der Waals surface area contributed by atoms with Crippen molar-refractivity contribution in [2.45, 2.75) is 23.8 Å². The molecule has 1 fully saturated rings. The molecule has 11 nitrogen and oxygen atoms in total. The molecule has 3 aromatic rings. The van der Waals surface area contributed by atoms with Crippen molar-refractivity contribution in [3.63, 3.8) is 0 Å². The molecule has 4 rings (SSSR count). The van der Waals surface area contributed by atoms with E-state index < -0.39 is 15.9 Å². The van der Waals surface area contributed by atoms with Crippen LogP contribution < -0.4 is 19.5 Å². The van der Waals surface area contributed by atoms with Gasteiger partial charge in [-0.2, -0.15) is 4.31 Å². The second-order valence-electron chi connectivity index (χ2n) is 7.56. The molecule has 0 spiro atoms. The van der Waals surface area contributed by atoms with Gasteiger partial charge in [0.25, 0.3) is 5.91 Å². The smallest absolute Gasteiger partial charge is 0.322 e. The van der Waals surface area contributed by atoms with Gasteiger partial charge >= 0.3 is 6.01 Å². The van der Waals surface area contributed by atoms with Gasteiger partial charge in [-0.25, -0.2) is 8.42 Å². The standard InChI is InChI=1S/C22H24N4O7S/c1-26(15-7-8-15)34(28,29)16-9-5-13(6-10-16)20(27)23-22-25-24-21(33-22)14-11-17(30-2)19(32-4)18(12-14)31-3/h5-6,9-12,15H,7-8H2,1-4H3,(H,23,25,27). The Morgan fingerprint density at radius 1 is 1.03 bits per heavy atom. The summed E-state index contributed by atoms with van der Waals surface area (Å²) in [7, 11) is 2.44. The molecule has 1 aliphatic rings. The molecular weight excluding hydrogens is 464 g/mol. The summed E-state index contributed by atoms with van der Waals surface area (Å²) < 4.78 is 48.1. The number of benzene rings is 2. The fraction of sp³-hybridized carbons (Fsp3) is 0.318. The molecule has 12 heteroatoms. The summed E-state index contributed by atoms with van der Waals surface area (Å²) in [6.45, 7) is 0. The van der Waals surface area contributed by atoms with Crippen LogP contribution in [0, 0.1) is 0 Å². The lowest BCUT2D eigenvalue weighted by Crippen LogP contribution is -2.29. The molecule has 0 atom stereocenters. The number of amides is 1. The Kier molecular flexibility index (Phi) is 6.44. The quantitative estimate of drug-likeness (QED) is 0.483. The van der Waals surface area contributed by atoms with Crippen LogP contribution in [0.25, 0.3) is 11.5 Å². The minimum Gasteiger partial charge on any atom is -0.493 e. The van der Waals surface area contributed by atoms with Crippen LogP contribution in [0.15, 0.2) is 45.7 Å². The van der Waals surface area contributed by atoms with Crippen LogP contribution in [-0.4, -0.2) is 63.2 Å². The van der Waals surface area contributed by atoms with Crippen molar-refractivity contribution in [2.24, 2.45) is 0 Å². The Bertz CT molecular complexity index is 1280. The largest absolute Gasteiger partial charge is 0.493 e. The van der Waals surface area contributed by atoms with Gasteiger partial charge < -0.3 is 18.6 Å². The third-order valence-corrected chi connectivity index (χ3v) is 7.34. The molecule has 1 aliphatic carbocycles. The number of nitrogens with zero attached hydrogens (tertiary/aromatic N) is 3. The minimum atomic E-state index is -3.59. The maximum atomic E-state index is 12.6. The van der Waals surface area contributed by atoms with E-state index in [0.717, 1.165) is 12.8 Å². The van der Waals surface area contributed by atoms with E-state index in [1.54, 1.807) is 19.2 Å². The Balaban J connectivity index is 1.50. The number of hydrogen-bond donors (Lipinski definition) is 1. The van der Waals surface area contributed by atoms with E-state index in [-0.39, 0.29) is 28.4 Å². The van der Waals surface area contributed by atoms with Crippen LogP contribution in [-0.2, 0) is 10.0 Å². The Morgan fingerprint density at radius 3 is 2.18 bits per heavy atom. The molecule has 1 N–H and O–H groups in total.